The number of anilines is 1. The van der Waals surface area contributed by atoms with Crippen molar-refractivity contribution < 1.29 is 9.53 Å². The zero-order valence-corrected chi connectivity index (χ0v) is 20.4. The van der Waals surface area contributed by atoms with Crippen molar-refractivity contribution in [3.8, 4) is 23.1 Å². The van der Waals surface area contributed by atoms with Crippen molar-refractivity contribution in [2.45, 2.75) is 47.5 Å². The summed E-state index contributed by atoms with van der Waals surface area (Å²) in [7, 11) is 3.56. The van der Waals surface area contributed by atoms with Gasteiger partial charge in [-0.3, -0.25) is 0 Å². The lowest BCUT2D eigenvalue weighted by molar-refractivity contribution is 0.252. The van der Waals surface area contributed by atoms with Crippen molar-refractivity contribution >= 4 is 22.6 Å². The fourth-order valence-corrected chi connectivity index (χ4v) is 3.12. The molecule has 0 fully saturated rings. The summed E-state index contributed by atoms with van der Waals surface area (Å²) < 4.78 is 7.30. The van der Waals surface area contributed by atoms with E-state index in [4.69, 9.17) is 4.74 Å². The normalized spacial score (nSPS) is 9.56. The number of benzene rings is 2. The van der Waals surface area contributed by atoms with E-state index in [0.29, 0.717) is 17.8 Å². The van der Waals surface area contributed by atoms with E-state index in [2.05, 4.69) is 30.6 Å². The Morgan fingerprint density at radius 3 is 2.25 bits per heavy atom. The van der Waals surface area contributed by atoms with E-state index in [1.165, 1.54) is 6.42 Å². The highest BCUT2D eigenvalue weighted by Gasteiger charge is 2.17. The molecule has 0 spiro atoms. The van der Waals surface area contributed by atoms with E-state index in [1.54, 1.807) is 7.11 Å². The summed E-state index contributed by atoms with van der Waals surface area (Å²) in [5, 5.41) is 16.2. The number of carbonyl (C=O) groups is 1. The van der Waals surface area contributed by atoms with E-state index in [1.807, 2.05) is 74.9 Å². The SMILES string of the molecule is CC.CCC.CCCNC(=O)Nc1ccc(-c2c(C#N)c3ccc(OC)cc3n2C)cc1. The van der Waals surface area contributed by atoms with Gasteiger partial charge in [-0.2, -0.15) is 5.26 Å². The first-order valence-electron chi connectivity index (χ1n) is 11.2. The minimum atomic E-state index is -0.223. The third kappa shape index (κ3) is 6.52. The predicted molar refractivity (Wildman–Crippen MR) is 134 cm³/mol. The third-order valence-corrected chi connectivity index (χ3v) is 4.47. The molecule has 0 bridgehead atoms. The molecule has 0 saturated carbocycles. The monoisotopic (exact) mass is 436 g/mol. The lowest BCUT2D eigenvalue weighted by Crippen LogP contribution is -2.29. The molecule has 0 atom stereocenters. The molecule has 0 aliphatic carbocycles. The Kier molecular flexibility index (Phi) is 11.4. The Morgan fingerprint density at radius 1 is 1.09 bits per heavy atom. The smallest absolute Gasteiger partial charge is 0.319 e. The number of amides is 2. The number of urea groups is 1. The van der Waals surface area contributed by atoms with Crippen molar-refractivity contribution in [2.24, 2.45) is 7.05 Å². The quantitative estimate of drug-likeness (QED) is 0.467. The number of nitrogens with zero attached hydrogens (tertiary/aromatic N) is 2. The first-order valence-corrected chi connectivity index (χ1v) is 11.2. The largest absolute Gasteiger partial charge is 0.497 e. The molecule has 6 nitrogen and oxygen atoms in total. The molecule has 0 aliphatic heterocycles. The molecule has 0 radical (unpaired) electrons. The molecule has 3 rings (SSSR count). The van der Waals surface area contributed by atoms with E-state index in [9.17, 15) is 10.1 Å². The highest BCUT2D eigenvalue weighted by atomic mass is 16.5. The fraction of sp³-hybridized carbons (Fsp3) is 0.385. The van der Waals surface area contributed by atoms with Gasteiger partial charge in [0.05, 0.1) is 23.9 Å². The third-order valence-electron chi connectivity index (χ3n) is 4.47. The van der Waals surface area contributed by atoms with Gasteiger partial charge in [0.2, 0.25) is 0 Å². The molecule has 2 amide bonds. The summed E-state index contributed by atoms with van der Waals surface area (Å²) in [4.78, 5) is 11.8. The standard InChI is InChI=1S/C21H22N4O2.C3H8.C2H6/c1-4-11-23-21(26)24-15-7-5-14(6-8-15)20-18(13-22)17-10-9-16(27-3)12-19(17)25(20)2;1-3-2;1-2/h5-10,12H,4,11H2,1-3H3,(H2,23,24,26);3H2,1-2H3;1-2H3. The highest BCUT2D eigenvalue weighted by Crippen LogP contribution is 2.34. The summed E-state index contributed by atoms with van der Waals surface area (Å²) >= 11 is 0. The van der Waals surface area contributed by atoms with Crippen LogP contribution in [0.4, 0.5) is 10.5 Å². The average Bonchev–Trinajstić information content (AvgIpc) is 3.11. The van der Waals surface area contributed by atoms with E-state index in [-0.39, 0.29) is 6.03 Å². The summed E-state index contributed by atoms with van der Waals surface area (Å²) in [6.07, 6.45) is 2.13. The van der Waals surface area contributed by atoms with Gasteiger partial charge in [0.25, 0.3) is 0 Å². The molecule has 2 aromatic carbocycles. The number of fused-ring (bicyclic) bond motifs is 1. The molecule has 1 heterocycles. The Morgan fingerprint density at radius 2 is 1.72 bits per heavy atom. The van der Waals surface area contributed by atoms with E-state index in [0.717, 1.165) is 34.3 Å². The molecule has 2 N–H and O–H groups in total. The van der Waals surface area contributed by atoms with Crippen LogP contribution in [-0.4, -0.2) is 24.3 Å². The van der Waals surface area contributed by atoms with Crippen LogP contribution >= 0.6 is 0 Å². The maximum atomic E-state index is 11.8. The molecule has 32 heavy (non-hydrogen) atoms. The zero-order valence-electron chi connectivity index (χ0n) is 20.4. The van der Waals surface area contributed by atoms with Crippen LogP contribution in [0.25, 0.3) is 22.2 Å². The first-order chi connectivity index (χ1) is 15.5. The number of rotatable bonds is 5. The zero-order chi connectivity index (χ0) is 24.1. The van der Waals surface area contributed by atoms with Gasteiger partial charge in [-0.15, -0.1) is 0 Å². The molecule has 172 valence electrons. The molecule has 0 unspecified atom stereocenters. The van der Waals surface area contributed by atoms with Crippen LogP contribution in [0.5, 0.6) is 5.75 Å². The number of hydrogen-bond donors (Lipinski definition) is 2. The summed E-state index contributed by atoms with van der Waals surface area (Å²) in [5.41, 5.74) is 4.00. The topological polar surface area (TPSA) is 79.1 Å². The summed E-state index contributed by atoms with van der Waals surface area (Å²) in [6.45, 7) is 10.9. The molecule has 1 aromatic heterocycles. The van der Waals surface area contributed by atoms with Gasteiger partial charge in [-0.1, -0.05) is 53.2 Å². The minimum absolute atomic E-state index is 0.223. The number of hydrogen-bond acceptors (Lipinski definition) is 3. The number of aromatic nitrogens is 1. The molecule has 3 aromatic rings. The van der Waals surface area contributed by atoms with Crippen molar-refractivity contribution in [3.63, 3.8) is 0 Å². The number of nitriles is 1. The number of methoxy groups -OCH3 is 1. The Balaban J connectivity index is 0.000000944. The van der Waals surface area contributed by atoms with Crippen LogP contribution in [-0.2, 0) is 7.05 Å². The van der Waals surface area contributed by atoms with Gasteiger partial charge in [-0.05, 0) is 36.2 Å². The van der Waals surface area contributed by atoms with Crippen molar-refractivity contribution in [2.75, 3.05) is 19.0 Å². The lowest BCUT2D eigenvalue weighted by atomic mass is 10.1. The van der Waals surface area contributed by atoms with Gasteiger partial charge in [0, 0.05) is 30.7 Å². The van der Waals surface area contributed by atoms with Crippen LogP contribution in [0.1, 0.15) is 53.0 Å². The van der Waals surface area contributed by atoms with E-state index >= 15 is 0 Å². The first kappa shape index (κ1) is 26.6. The molecular formula is C26H36N4O2. The number of aryl methyl sites for hydroxylation is 1. The van der Waals surface area contributed by atoms with Crippen molar-refractivity contribution in [3.05, 3.63) is 48.0 Å². The van der Waals surface area contributed by atoms with Gasteiger partial charge in [0.1, 0.15) is 11.8 Å². The highest BCUT2D eigenvalue weighted by molar-refractivity contribution is 5.95. The number of carbonyl (C=O) groups excluding carboxylic acids is 1. The lowest BCUT2D eigenvalue weighted by Gasteiger charge is -2.09. The van der Waals surface area contributed by atoms with Crippen LogP contribution in [0.2, 0.25) is 0 Å². The van der Waals surface area contributed by atoms with Crippen LogP contribution in [0, 0.1) is 11.3 Å². The Labute approximate surface area is 192 Å². The second kappa shape index (κ2) is 13.8. The fourth-order valence-electron chi connectivity index (χ4n) is 3.12. The molecule has 0 saturated heterocycles. The molecule has 0 aliphatic rings. The second-order valence-corrected chi connectivity index (χ2v) is 6.94. The van der Waals surface area contributed by atoms with Gasteiger partial charge < -0.3 is 19.9 Å². The van der Waals surface area contributed by atoms with Gasteiger partial charge in [0.15, 0.2) is 0 Å². The molecule has 6 heteroatoms. The number of ether oxygens (including phenoxy) is 1. The summed E-state index contributed by atoms with van der Waals surface area (Å²) in [6, 6.07) is 15.3. The second-order valence-electron chi connectivity index (χ2n) is 6.94. The Hall–Kier alpha value is -3.46. The van der Waals surface area contributed by atoms with Crippen LogP contribution in [0.15, 0.2) is 42.5 Å². The predicted octanol–water partition coefficient (Wildman–Crippen LogP) is 6.70. The van der Waals surface area contributed by atoms with Crippen LogP contribution in [0.3, 0.4) is 0 Å². The van der Waals surface area contributed by atoms with Gasteiger partial charge >= 0.3 is 6.03 Å². The van der Waals surface area contributed by atoms with Gasteiger partial charge in [-0.25, -0.2) is 4.79 Å². The van der Waals surface area contributed by atoms with Crippen molar-refractivity contribution in [1.82, 2.24) is 9.88 Å². The number of nitrogens with one attached hydrogen (secondary N) is 2. The maximum absolute atomic E-state index is 11.8. The van der Waals surface area contributed by atoms with E-state index < -0.39 is 0 Å². The molecular weight excluding hydrogens is 400 g/mol. The summed E-state index contributed by atoms with van der Waals surface area (Å²) in [5.74, 6) is 0.747. The maximum Gasteiger partial charge on any atom is 0.319 e. The Bertz CT molecular complexity index is 1030. The average molecular weight is 437 g/mol. The van der Waals surface area contributed by atoms with Crippen molar-refractivity contribution in [1.29, 1.82) is 5.26 Å². The minimum Gasteiger partial charge on any atom is -0.497 e. The van der Waals surface area contributed by atoms with Crippen LogP contribution < -0.4 is 15.4 Å².